The van der Waals surface area contributed by atoms with Crippen molar-refractivity contribution in [3.63, 3.8) is 0 Å². The van der Waals surface area contributed by atoms with Gasteiger partial charge in [-0.2, -0.15) is 5.26 Å². The summed E-state index contributed by atoms with van der Waals surface area (Å²) in [5.74, 6) is 0. The Hall–Kier alpha value is -0.590. The van der Waals surface area contributed by atoms with Crippen LogP contribution in [-0.4, -0.2) is 37.1 Å². The molecule has 1 heterocycles. The van der Waals surface area contributed by atoms with Crippen molar-refractivity contribution in [3.05, 3.63) is 0 Å². The van der Waals surface area contributed by atoms with E-state index < -0.39 is 0 Å². The van der Waals surface area contributed by atoms with Crippen LogP contribution in [0.15, 0.2) is 0 Å². The Morgan fingerprint density at radius 3 is 2.62 bits per heavy atom. The maximum absolute atomic E-state index is 8.92. The fourth-order valence-electron chi connectivity index (χ4n) is 1.94. The van der Waals surface area contributed by atoms with E-state index in [2.05, 4.69) is 30.3 Å². The van der Waals surface area contributed by atoms with Crippen LogP contribution in [0.5, 0.6) is 0 Å². The van der Waals surface area contributed by atoms with E-state index in [1.54, 1.807) is 0 Å². The molecule has 3 heteroatoms. The van der Waals surface area contributed by atoms with Crippen LogP contribution >= 0.6 is 0 Å². The SMILES string of the molecule is CCC(C#N)N(C)C1CCNCC1. The van der Waals surface area contributed by atoms with Gasteiger partial charge in [-0.05, 0) is 39.4 Å². The van der Waals surface area contributed by atoms with Crippen LogP contribution in [-0.2, 0) is 0 Å². The zero-order valence-electron chi connectivity index (χ0n) is 8.58. The van der Waals surface area contributed by atoms with E-state index in [0.29, 0.717) is 6.04 Å². The highest BCUT2D eigenvalue weighted by Gasteiger charge is 2.22. The van der Waals surface area contributed by atoms with Crippen LogP contribution in [0.4, 0.5) is 0 Å². The highest BCUT2D eigenvalue weighted by Crippen LogP contribution is 2.14. The van der Waals surface area contributed by atoms with E-state index in [1.807, 2.05) is 0 Å². The van der Waals surface area contributed by atoms with E-state index in [4.69, 9.17) is 5.26 Å². The molecule has 0 aliphatic carbocycles. The summed E-state index contributed by atoms with van der Waals surface area (Å²) >= 11 is 0. The summed E-state index contributed by atoms with van der Waals surface area (Å²) in [6, 6.07) is 3.06. The average Bonchev–Trinajstić information content (AvgIpc) is 2.21. The number of nitriles is 1. The van der Waals surface area contributed by atoms with Crippen LogP contribution in [0.25, 0.3) is 0 Å². The summed E-state index contributed by atoms with van der Waals surface area (Å²) in [6.07, 6.45) is 3.28. The minimum Gasteiger partial charge on any atom is -0.317 e. The average molecular weight is 181 g/mol. The van der Waals surface area contributed by atoms with Crippen molar-refractivity contribution in [1.29, 1.82) is 5.26 Å². The molecule has 1 aliphatic heterocycles. The van der Waals surface area contributed by atoms with E-state index >= 15 is 0 Å². The minimum absolute atomic E-state index is 0.100. The Morgan fingerprint density at radius 2 is 2.15 bits per heavy atom. The number of nitrogens with zero attached hydrogens (tertiary/aromatic N) is 2. The molecular weight excluding hydrogens is 162 g/mol. The molecule has 1 saturated heterocycles. The van der Waals surface area contributed by atoms with Crippen LogP contribution in [0, 0.1) is 11.3 Å². The minimum atomic E-state index is 0.100. The molecular formula is C10H19N3. The van der Waals surface area contributed by atoms with E-state index in [1.165, 1.54) is 12.8 Å². The standard InChI is InChI=1S/C10H19N3/c1-3-9(8-11)13(2)10-4-6-12-7-5-10/h9-10,12H,3-7H2,1-2H3. The lowest BCUT2D eigenvalue weighted by atomic mass is 10.0. The fourth-order valence-corrected chi connectivity index (χ4v) is 1.94. The number of hydrogen-bond donors (Lipinski definition) is 1. The van der Waals surface area contributed by atoms with Crippen LogP contribution in [0.2, 0.25) is 0 Å². The Bertz CT molecular complexity index is 179. The van der Waals surface area contributed by atoms with Gasteiger partial charge in [-0.15, -0.1) is 0 Å². The van der Waals surface area contributed by atoms with Crippen LogP contribution in [0.3, 0.4) is 0 Å². The summed E-state index contributed by atoms with van der Waals surface area (Å²) in [6.45, 7) is 4.26. The molecule has 1 atom stereocenters. The molecule has 1 N–H and O–H groups in total. The third-order valence-corrected chi connectivity index (χ3v) is 2.91. The molecule has 1 unspecified atom stereocenters. The van der Waals surface area contributed by atoms with Gasteiger partial charge in [0.25, 0.3) is 0 Å². The van der Waals surface area contributed by atoms with Gasteiger partial charge in [-0.25, -0.2) is 0 Å². The first kappa shape index (κ1) is 10.5. The van der Waals surface area contributed by atoms with Crippen molar-refractivity contribution in [2.24, 2.45) is 0 Å². The van der Waals surface area contributed by atoms with Gasteiger partial charge < -0.3 is 5.32 Å². The molecule has 0 aromatic carbocycles. The Balaban J connectivity index is 2.44. The molecule has 0 aromatic rings. The van der Waals surface area contributed by atoms with E-state index in [9.17, 15) is 0 Å². The molecule has 0 amide bonds. The Kier molecular flexibility index (Phi) is 4.20. The monoisotopic (exact) mass is 181 g/mol. The molecule has 1 rings (SSSR count). The van der Waals surface area contributed by atoms with Crippen molar-refractivity contribution in [1.82, 2.24) is 10.2 Å². The molecule has 3 nitrogen and oxygen atoms in total. The van der Waals surface area contributed by atoms with E-state index in [0.717, 1.165) is 19.5 Å². The van der Waals surface area contributed by atoms with Gasteiger partial charge in [-0.1, -0.05) is 6.92 Å². The second-order valence-corrected chi connectivity index (χ2v) is 3.70. The smallest absolute Gasteiger partial charge is 0.0975 e. The molecule has 0 bridgehead atoms. The second kappa shape index (κ2) is 5.21. The molecule has 13 heavy (non-hydrogen) atoms. The highest BCUT2D eigenvalue weighted by molar-refractivity contribution is 4.93. The Morgan fingerprint density at radius 1 is 1.54 bits per heavy atom. The zero-order valence-corrected chi connectivity index (χ0v) is 8.58. The first-order chi connectivity index (χ1) is 6.29. The predicted octanol–water partition coefficient (Wildman–Crippen LogP) is 0.972. The van der Waals surface area contributed by atoms with Gasteiger partial charge in [0.2, 0.25) is 0 Å². The molecule has 1 aliphatic rings. The first-order valence-electron chi connectivity index (χ1n) is 5.11. The predicted molar refractivity (Wildman–Crippen MR) is 53.3 cm³/mol. The molecule has 0 spiro atoms. The Labute approximate surface area is 80.7 Å². The maximum Gasteiger partial charge on any atom is 0.0975 e. The van der Waals surface area contributed by atoms with Crippen molar-refractivity contribution in [2.75, 3.05) is 20.1 Å². The summed E-state index contributed by atoms with van der Waals surface area (Å²) in [7, 11) is 2.08. The van der Waals surface area contributed by atoms with Gasteiger partial charge in [0, 0.05) is 6.04 Å². The normalized spacial score (nSPS) is 21.4. The van der Waals surface area contributed by atoms with Crippen LogP contribution < -0.4 is 5.32 Å². The van der Waals surface area contributed by atoms with E-state index in [-0.39, 0.29) is 6.04 Å². The highest BCUT2D eigenvalue weighted by atomic mass is 15.2. The lowest BCUT2D eigenvalue weighted by molar-refractivity contribution is 0.167. The second-order valence-electron chi connectivity index (χ2n) is 3.70. The molecule has 0 radical (unpaired) electrons. The van der Waals surface area contributed by atoms with Gasteiger partial charge in [-0.3, -0.25) is 4.90 Å². The van der Waals surface area contributed by atoms with Crippen molar-refractivity contribution in [3.8, 4) is 6.07 Å². The quantitative estimate of drug-likeness (QED) is 0.705. The van der Waals surface area contributed by atoms with Gasteiger partial charge in [0.1, 0.15) is 0 Å². The largest absolute Gasteiger partial charge is 0.317 e. The van der Waals surface area contributed by atoms with Gasteiger partial charge in [0.15, 0.2) is 0 Å². The third-order valence-electron chi connectivity index (χ3n) is 2.91. The summed E-state index contributed by atoms with van der Waals surface area (Å²) in [4.78, 5) is 2.24. The third kappa shape index (κ3) is 2.68. The van der Waals surface area contributed by atoms with Crippen molar-refractivity contribution >= 4 is 0 Å². The first-order valence-corrected chi connectivity index (χ1v) is 5.11. The van der Waals surface area contributed by atoms with Gasteiger partial charge in [0.05, 0.1) is 12.1 Å². The van der Waals surface area contributed by atoms with Crippen molar-refractivity contribution < 1.29 is 0 Å². The molecule has 0 saturated carbocycles. The number of hydrogen-bond acceptors (Lipinski definition) is 3. The number of rotatable bonds is 3. The van der Waals surface area contributed by atoms with Crippen LogP contribution in [0.1, 0.15) is 26.2 Å². The topological polar surface area (TPSA) is 39.1 Å². The number of nitrogens with one attached hydrogen (secondary N) is 1. The molecule has 74 valence electrons. The summed E-state index contributed by atoms with van der Waals surface area (Å²) < 4.78 is 0. The summed E-state index contributed by atoms with van der Waals surface area (Å²) in [5, 5.41) is 12.3. The lowest BCUT2D eigenvalue weighted by Crippen LogP contribution is -2.45. The number of piperidine rings is 1. The van der Waals surface area contributed by atoms with Gasteiger partial charge >= 0.3 is 0 Å². The molecule has 0 aromatic heterocycles. The zero-order chi connectivity index (χ0) is 9.68. The fraction of sp³-hybridized carbons (Fsp3) is 0.900. The van der Waals surface area contributed by atoms with Crippen molar-refractivity contribution in [2.45, 2.75) is 38.3 Å². The lowest BCUT2D eigenvalue weighted by Gasteiger charge is -2.34. The summed E-state index contributed by atoms with van der Waals surface area (Å²) in [5.41, 5.74) is 0. The maximum atomic E-state index is 8.92. The molecule has 1 fully saturated rings.